The van der Waals surface area contributed by atoms with Crippen molar-refractivity contribution in [3.05, 3.63) is 34.7 Å². The molecule has 0 aliphatic carbocycles. The molecule has 2 amide bonds. The molecule has 0 unspecified atom stereocenters. The first-order chi connectivity index (χ1) is 12.9. The summed E-state index contributed by atoms with van der Waals surface area (Å²) in [5.41, 5.74) is 0.333. The number of aliphatic hydroxyl groups excluding tert-OH is 1. The number of alkyl halides is 2. The van der Waals surface area contributed by atoms with Gasteiger partial charge >= 0.3 is 6.61 Å². The fourth-order valence-corrected chi connectivity index (χ4v) is 3.55. The Morgan fingerprint density at radius 2 is 2.15 bits per heavy atom. The van der Waals surface area contributed by atoms with Crippen LogP contribution in [0, 0.1) is 0 Å². The summed E-state index contributed by atoms with van der Waals surface area (Å²) in [6.07, 6.45) is 1.96. The van der Waals surface area contributed by atoms with Crippen LogP contribution in [-0.4, -0.2) is 52.4 Å². The first-order valence-electron chi connectivity index (χ1n) is 8.09. The molecule has 1 aliphatic heterocycles. The molecule has 0 atom stereocenters. The molecule has 6 nitrogen and oxygen atoms in total. The van der Waals surface area contributed by atoms with Crippen LogP contribution in [0.4, 0.5) is 8.78 Å². The maximum atomic E-state index is 12.5. The highest BCUT2D eigenvalue weighted by Crippen LogP contribution is 2.34. The first-order valence-corrected chi connectivity index (χ1v) is 9.31. The normalized spacial score (nSPS) is 15.7. The zero-order chi connectivity index (χ0) is 19.8. The van der Waals surface area contributed by atoms with E-state index in [1.807, 2.05) is 0 Å². The van der Waals surface area contributed by atoms with Gasteiger partial charge in [-0.1, -0.05) is 42.2 Å². The van der Waals surface area contributed by atoms with E-state index in [2.05, 4.69) is 10.1 Å². The van der Waals surface area contributed by atoms with Gasteiger partial charge in [-0.25, -0.2) is 0 Å². The van der Waals surface area contributed by atoms with Crippen LogP contribution in [0.2, 0.25) is 0 Å². The molecule has 1 aromatic rings. The minimum absolute atomic E-state index is 0.0173. The maximum absolute atomic E-state index is 12.5. The average molecular weight is 416 g/mol. The number of thiocarbonyl (C=S) groups is 1. The van der Waals surface area contributed by atoms with Gasteiger partial charge < -0.3 is 15.2 Å². The second kappa shape index (κ2) is 10.3. The molecule has 0 spiro atoms. The highest BCUT2D eigenvalue weighted by Gasteiger charge is 2.32. The molecule has 1 aliphatic rings. The molecule has 1 heterocycles. The Balaban J connectivity index is 2.03. The van der Waals surface area contributed by atoms with E-state index in [4.69, 9.17) is 17.3 Å². The van der Waals surface area contributed by atoms with E-state index in [0.717, 1.165) is 11.8 Å². The van der Waals surface area contributed by atoms with Crippen LogP contribution in [0.15, 0.2) is 29.2 Å². The minimum Gasteiger partial charge on any atom is -0.434 e. The molecule has 0 saturated carbocycles. The maximum Gasteiger partial charge on any atom is 0.387 e. The number of ether oxygens (including phenoxy) is 1. The van der Waals surface area contributed by atoms with Crippen LogP contribution in [0.5, 0.6) is 5.75 Å². The molecular formula is C17H18F2N2O4S2. The van der Waals surface area contributed by atoms with Crippen LogP contribution in [0.25, 0.3) is 6.08 Å². The number of carbonyl (C=O) groups is 2. The molecule has 0 radical (unpaired) electrons. The van der Waals surface area contributed by atoms with Crippen LogP contribution < -0.4 is 10.1 Å². The quantitative estimate of drug-likeness (QED) is 0.366. The summed E-state index contributed by atoms with van der Waals surface area (Å²) < 4.78 is 29.8. The molecule has 1 fully saturated rings. The SMILES string of the molecule is O=C(CCN1C(=O)/C(=C/c2ccccc2OC(F)F)SC1=S)NCCCO. The number of thioether (sulfide) groups is 1. The number of aliphatic hydroxyl groups is 1. The number of hydrogen-bond acceptors (Lipinski definition) is 6. The third-order valence-corrected chi connectivity index (χ3v) is 4.89. The average Bonchev–Trinajstić information content (AvgIpc) is 2.88. The van der Waals surface area contributed by atoms with Gasteiger partial charge in [0.2, 0.25) is 5.91 Å². The summed E-state index contributed by atoms with van der Waals surface area (Å²) in [4.78, 5) is 25.8. The number of benzene rings is 1. The molecule has 1 saturated heterocycles. The molecule has 1 aromatic carbocycles. The van der Waals surface area contributed by atoms with E-state index >= 15 is 0 Å². The number of rotatable bonds is 9. The second-order valence-electron chi connectivity index (χ2n) is 5.43. The molecule has 10 heteroatoms. The van der Waals surface area contributed by atoms with E-state index < -0.39 is 6.61 Å². The molecular weight excluding hydrogens is 398 g/mol. The molecule has 2 N–H and O–H groups in total. The number of nitrogens with zero attached hydrogens (tertiary/aromatic N) is 1. The van der Waals surface area contributed by atoms with Gasteiger partial charge in [-0.05, 0) is 18.6 Å². The summed E-state index contributed by atoms with van der Waals surface area (Å²) in [5, 5.41) is 11.3. The highest BCUT2D eigenvalue weighted by atomic mass is 32.2. The van der Waals surface area contributed by atoms with Crippen molar-refractivity contribution in [3.8, 4) is 5.75 Å². The van der Waals surface area contributed by atoms with Crippen molar-refractivity contribution in [1.29, 1.82) is 0 Å². The topological polar surface area (TPSA) is 78.9 Å². The lowest BCUT2D eigenvalue weighted by Gasteiger charge is -2.14. The number of halogens is 2. The Labute approximate surface area is 164 Å². The summed E-state index contributed by atoms with van der Waals surface area (Å²) in [6, 6.07) is 6.13. The van der Waals surface area contributed by atoms with Crippen molar-refractivity contribution in [3.63, 3.8) is 0 Å². The molecule has 2 rings (SSSR count). The molecule has 146 valence electrons. The van der Waals surface area contributed by atoms with Gasteiger partial charge in [0.05, 0.1) is 4.91 Å². The predicted molar refractivity (Wildman–Crippen MR) is 102 cm³/mol. The zero-order valence-corrected chi connectivity index (χ0v) is 15.8. The predicted octanol–water partition coefficient (Wildman–Crippen LogP) is 2.38. The Bertz CT molecular complexity index is 743. The lowest BCUT2D eigenvalue weighted by Crippen LogP contribution is -2.33. The van der Waals surface area contributed by atoms with E-state index in [0.29, 0.717) is 22.8 Å². The van der Waals surface area contributed by atoms with Crippen molar-refractivity contribution >= 4 is 46.2 Å². The van der Waals surface area contributed by atoms with Crippen molar-refractivity contribution in [2.45, 2.75) is 19.5 Å². The van der Waals surface area contributed by atoms with Crippen LogP contribution in [0.1, 0.15) is 18.4 Å². The van der Waals surface area contributed by atoms with E-state index in [1.54, 1.807) is 18.2 Å². The Kier molecular flexibility index (Phi) is 8.14. The van der Waals surface area contributed by atoms with Crippen molar-refractivity contribution in [1.82, 2.24) is 10.2 Å². The molecule has 27 heavy (non-hydrogen) atoms. The number of para-hydroxylation sites is 1. The minimum atomic E-state index is -2.97. The summed E-state index contributed by atoms with van der Waals surface area (Å²) >= 11 is 6.22. The van der Waals surface area contributed by atoms with Gasteiger partial charge in [-0.3, -0.25) is 14.5 Å². The van der Waals surface area contributed by atoms with Crippen LogP contribution in [-0.2, 0) is 9.59 Å². The monoisotopic (exact) mass is 416 g/mol. The third kappa shape index (κ3) is 6.26. The molecule has 0 aromatic heterocycles. The zero-order valence-electron chi connectivity index (χ0n) is 14.2. The van der Waals surface area contributed by atoms with Gasteiger partial charge in [0.1, 0.15) is 10.1 Å². The fraction of sp³-hybridized carbons (Fsp3) is 0.353. The number of nitrogens with one attached hydrogen (secondary N) is 1. The summed E-state index contributed by atoms with van der Waals surface area (Å²) in [7, 11) is 0. The van der Waals surface area contributed by atoms with Crippen molar-refractivity contribution in [2.75, 3.05) is 19.7 Å². The number of hydrogen-bond donors (Lipinski definition) is 2. The lowest BCUT2D eigenvalue weighted by atomic mass is 10.2. The van der Waals surface area contributed by atoms with E-state index in [9.17, 15) is 18.4 Å². The smallest absolute Gasteiger partial charge is 0.387 e. The van der Waals surface area contributed by atoms with Crippen LogP contribution >= 0.6 is 24.0 Å². The summed E-state index contributed by atoms with van der Waals surface area (Å²) in [6.45, 7) is -2.52. The number of carbonyl (C=O) groups excluding carboxylic acids is 2. The van der Waals surface area contributed by atoms with Crippen LogP contribution in [0.3, 0.4) is 0 Å². The largest absolute Gasteiger partial charge is 0.434 e. The third-order valence-electron chi connectivity index (χ3n) is 3.51. The van der Waals surface area contributed by atoms with Gasteiger partial charge in [0, 0.05) is 31.7 Å². The van der Waals surface area contributed by atoms with Gasteiger partial charge in [0.15, 0.2) is 0 Å². The highest BCUT2D eigenvalue weighted by molar-refractivity contribution is 8.26. The van der Waals surface area contributed by atoms with E-state index in [-0.39, 0.29) is 42.0 Å². The fourth-order valence-electron chi connectivity index (χ4n) is 2.25. The standard InChI is InChI=1S/C17H18F2N2O4S2/c18-16(19)25-12-5-2-1-4-11(12)10-13-15(24)21(17(26)27-13)8-6-14(23)20-7-3-9-22/h1-2,4-5,10,16,22H,3,6-9H2,(H,20,23)/b13-10-. The lowest BCUT2D eigenvalue weighted by molar-refractivity contribution is -0.123. The van der Waals surface area contributed by atoms with Gasteiger partial charge in [0.25, 0.3) is 5.91 Å². The Morgan fingerprint density at radius 3 is 2.85 bits per heavy atom. The Morgan fingerprint density at radius 1 is 1.41 bits per heavy atom. The van der Waals surface area contributed by atoms with Crippen molar-refractivity contribution in [2.24, 2.45) is 0 Å². The summed E-state index contributed by atoms with van der Waals surface area (Å²) in [5.74, 6) is -0.682. The van der Waals surface area contributed by atoms with Gasteiger partial charge in [-0.15, -0.1) is 0 Å². The van der Waals surface area contributed by atoms with Gasteiger partial charge in [-0.2, -0.15) is 8.78 Å². The number of amides is 2. The Hall–Kier alpha value is -2.04. The molecule has 0 bridgehead atoms. The second-order valence-corrected chi connectivity index (χ2v) is 7.10. The van der Waals surface area contributed by atoms with Crippen molar-refractivity contribution < 1.29 is 28.2 Å². The first kappa shape index (κ1) is 21.3. The van der Waals surface area contributed by atoms with E-state index in [1.165, 1.54) is 17.0 Å².